The van der Waals surface area contributed by atoms with E-state index in [1.54, 1.807) is 19.1 Å². The third-order valence-electron chi connectivity index (χ3n) is 1.46. The summed E-state index contributed by atoms with van der Waals surface area (Å²) in [6.07, 6.45) is 0. The van der Waals surface area contributed by atoms with Crippen molar-refractivity contribution in [2.24, 2.45) is 5.73 Å². The predicted molar refractivity (Wildman–Crippen MR) is 46.9 cm³/mol. The zero-order valence-electron chi connectivity index (χ0n) is 6.50. The molecule has 0 saturated heterocycles. The highest BCUT2D eigenvalue weighted by molar-refractivity contribution is 5.93. The minimum Gasteiger partial charge on any atom is -0.366 e. The lowest BCUT2D eigenvalue weighted by atomic mass is 10.1. The van der Waals surface area contributed by atoms with E-state index >= 15 is 0 Å². The van der Waals surface area contributed by atoms with Crippen molar-refractivity contribution in [2.45, 2.75) is 6.92 Å². The fourth-order valence-corrected chi connectivity index (χ4v) is 0.838. The standard InChI is InChI=1S/C8H8FNO.ClH/c1-5-3-2-4-6(7(5)9)8(10)11;/h2-4H,1H3,(H2,10,11);1H. The number of benzene rings is 1. The molecule has 0 saturated carbocycles. The van der Waals surface area contributed by atoms with Crippen molar-refractivity contribution in [3.8, 4) is 0 Å². The molecule has 4 heteroatoms. The Morgan fingerprint density at radius 2 is 2.08 bits per heavy atom. The third-order valence-corrected chi connectivity index (χ3v) is 1.46. The highest BCUT2D eigenvalue weighted by Gasteiger charge is 2.08. The van der Waals surface area contributed by atoms with Crippen LogP contribution in [0.25, 0.3) is 0 Å². The molecule has 1 aromatic rings. The van der Waals surface area contributed by atoms with E-state index < -0.39 is 11.7 Å². The summed E-state index contributed by atoms with van der Waals surface area (Å²) in [6, 6.07) is 4.55. The van der Waals surface area contributed by atoms with E-state index in [1.807, 2.05) is 0 Å². The molecular formula is C8H9ClFNO. The van der Waals surface area contributed by atoms with Gasteiger partial charge in [0.05, 0.1) is 5.56 Å². The zero-order valence-corrected chi connectivity index (χ0v) is 7.32. The second-order valence-electron chi connectivity index (χ2n) is 2.30. The van der Waals surface area contributed by atoms with E-state index in [2.05, 4.69) is 0 Å². The highest BCUT2D eigenvalue weighted by Crippen LogP contribution is 2.10. The van der Waals surface area contributed by atoms with Crippen LogP contribution in [-0.2, 0) is 0 Å². The van der Waals surface area contributed by atoms with Gasteiger partial charge in [0.1, 0.15) is 5.82 Å². The Hall–Kier alpha value is -1.09. The summed E-state index contributed by atoms with van der Waals surface area (Å²) in [7, 11) is 0. The van der Waals surface area contributed by atoms with Gasteiger partial charge in [-0.05, 0) is 18.6 Å². The van der Waals surface area contributed by atoms with Gasteiger partial charge in [0, 0.05) is 0 Å². The Kier molecular flexibility index (Phi) is 3.70. The molecule has 1 rings (SSSR count). The van der Waals surface area contributed by atoms with Gasteiger partial charge in [-0.2, -0.15) is 0 Å². The normalized spacial score (nSPS) is 8.83. The predicted octanol–water partition coefficient (Wildman–Crippen LogP) is 1.65. The molecule has 0 aliphatic rings. The third kappa shape index (κ3) is 1.95. The number of carbonyl (C=O) groups is 1. The minimum atomic E-state index is -0.730. The summed E-state index contributed by atoms with van der Waals surface area (Å²) < 4.78 is 13.0. The number of primary amides is 1. The van der Waals surface area contributed by atoms with Crippen LogP contribution in [0.15, 0.2) is 18.2 Å². The quantitative estimate of drug-likeness (QED) is 0.718. The molecule has 0 spiro atoms. The Morgan fingerprint density at radius 3 is 2.50 bits per heavy atom. The van der Waals surface area contributed by atoms with Crippen molar-refractivity contribution in [3.63, 3.8) is 0 Å². The van der Waals surface area contributed by atoms with E-state index in [9.17, 15) is 9.18 Å². The summed E-state index contributed by atoms with van der Waals surface area (Å²) >= 11 is 0. The van der Waals surface area contributed by atoms with Crippen molar-refractivity contribution in [1.29, 1.82) is 0 Å². The first kappa shape index (κ1) is 10.9. The molecule has 2 N–H and O–H groups in total. The number of hydrogen-bond acceptors (Lipinski definition) is 1. The van der Waals surface area contributed by atoms with Gasteiger partial charge in [0.25, 0.3) is 5.91 Å². The first-order chi connectivity index (χ1) is 5.13. The fraction of sp³-hybridized carbons (Fsp3) is 0.125. The van der Waals surface area contributed by atoms with Crippen LogP contribution in [-0.4, -0.2) is 5.91 Å². The number of rotatable bonds is 1. The van der Waals surface area contributed by atoms with Crippen LogP contribution in [0.5, 0.6) is 0 Å². The molecule has 0 radical (unpaired) electrons. The van der Waals surface area contributed by atoms with Crippen molar-refractivity contribution < 1.29 is 9.18 Å². The van der Waals surface area contributed by atoms with Gasteiger partial charge < -0.3 is 5.73 Å². The second-order valence-corrected chi connectivity index (χ2v) is 2.30. The lowest BCUT2D eigenvalue weighted by Gasteiger charge is -1.99. The Labute approximate surface area is 76.0 Å². The fourth-order valence-electron chi connectivity index (χ4n) is 0.838. The molecule has 1 amide bonds. The van der Waals surface area contributed by atoms with E-state index in [1.165, 1.54) is 6.07 Å². The maximum Gasteiger partial charge on any atom is 0.251 e. The minimum absolute atomic E-state index is 0. The van der Waals surface area contributed by atoms with Crippen LogP contribution < -0.4 is 5.73 Å². The van der Waals surface area contributed by atoms with Crippen LogP contribution >= 0.6 is 12.4 Å². The maximum absolute atomic E-state index is 13.0. The number of carbonyl (C=O) groups excluding carboxylic acids is 1. The molecule has 0 fully saturated rings. The van der Waals surface area contributed by atoms with Crippen molar-refractivity contribution in [1.82, 2.24) is 0 Å². The van der Waals surface area contributed by atoms with Gasteiger partial charge in [-0.25, -0.2) is 4.39 Å². The van der Waals surface area contributed by atoms with E-state index in [0.29, 0.717) is 5.56 Å². The van der Waals surface area contributed by atoms with Gasteiger partial charge in [-0.1, -0.05) is 12.1 Å². The Morgan fingerprint density at radius 1 is 1.50 bits per heavy atom. The molecule has 0 bridgehead atoms. The average molecular weight is 190 g/mol. The summed E-state index contributed by atoms with van der Waals surface area (Å²) in [6.45, 7) is 1.59. The lowest BCUT2D eigenvalue weighted by molar-refractivity contribution is 0.0996. The van der Waals surface area contributed by atoms with Gasteiger partial charge >= 0.3 is 0 Å². The maximum atomic E-state index is 13.0. The molecular weight excluding hydrogens is 181 g/mol. The smallest absolute Gasteiger partial charge is 0.251 e. The van der Waals surface area contributed by atoms with Crippen LogP contribution in [0, 0.1) is 12.7 Å². The summed E-state index contributed by atoms with van der Waals surface area (Å²) in [5, 5.41) is 0. The first-order valence-electron chi connectivity index (χ1n) is 3.18. The summed E-state index contributed by atoms with van der Waals surface area (Å²) in [5.74, 6) is -1.26. The Bertz CT molecular complexity index is 301. The van der Waals surface area contributed by atoms with Crippen molar-refractivity contribution in [3.05, 3.63) is 35.1 Å². The number of nitrogens with two attached hydrogens (primary N) is 1. The number of aryl methyl sites for hydroxylation is 1. The van der Waals surface area contributed by atoms with Gasteiger partial charge in [0.15, 0.2) is 0 Å². The number of amides is 1. The van der Waals surface area contributed by atoms with E-state index in [4.69, 9.17) is 5.73 Å². The van der Waals surface area contributed by atoms with Gasteiger partial charge in [-0.3, -0.25) is 4.79 Å². The summed E-state index contributed by atoms with van der Waals surface area (Å²) in [4.78, 5) is 10.6. The molecule has 1 aromatic carbocycles. The number of hydrogen-bond donors (Lipinski definition) is 1. The molecule has 0 atom stereocenters. The zero-order chi connectivity index (χ0) is 8.43. The van der Waals surface area contributed by atoms with E-state index in [-0.39, 0.29) is 18.0 Å². The molecule has 0 heterocycles. The first-order valence-corrected chi connectivity index (χ1v) is 3.18. The Balaban J connectivity index is 0.00000121. The van der Waals surface area contributed by atoms with Crippen LogP contribution in [0.1, 0.15) is 15.9 Å². The molecule has 2 nitrogen and oxygen atoms in total. The van der Waals surface area contributed by atoms with Gasteiger partial charge in [-0.15, -0.1) is 12.4 Å². The van der Waals surface area contributed by atoms with Crippen molar-refractivity contribution >= 4 is 18.3 Å². The summed E-state index contributed by atoms with van der Waals surface area (Å²) in [5.41, 5.74) is 5.29. The second kappa shape index (κ2) is 4.07. The van der Waals surface area contributed by atoms with E-state index in [0.717, 1.165) is 0 Å². The molecule has 0 aliphatic carbocycles. The molecule has 66 valence electrons. The molecule has 0 unspecified atom stereocenters. The largest absolute Gasteiger partial charge is 0.366 e. The van der Waals surface area contributed by atoms with Crippen molar-refractivity contribution in [2.75, 3.05) is 0 Å². The molecule has 12 heavy (non-hydrogen) atoms. The monoisotopic (exact) mass is 189 g/mol. The topological polar surface area (TPSA) is 43.1 Å². The SMILES string of the molecule is Cc1cccc(C(N)=O)c1F.Cl. The van der Waals surface area contributed by atoms with Crippen LogP contribution in [0.4, 0.5) is 4.39 Å². The molecule has 0 aromatic heterocycles. The highest BCUT2D eigenvalue weighted by atomic mass is 35.5. The lowest BCUT2D eigenvalue weighted by Crippen LogP contribution is -2.13. The molecule has 0 aliphatic heterocycles. The number of halogens is 2. The van der Waals surface area contributed by atoms with Crippen LogP contribution in [0.3, 0.4) is 0 Å². The van der Waals surface area contributed by atoms with Crippen LogP contribution in [0.2, 0.25) is 0 Å². The average Bonchev–Trinajstić information content (AvgIpc) is 1.94. The van der Waals surface area contributed by atoms with Gasteiger partial charge in [0.2, 0.25) is 0 Å².